The first kappa shape index (κ1) is 19.8. The lowest BCUT2D eigenvalue weighted by molar-refractivity contribution is -0.133. The third-order valence-corrected chi connectivity index (χ3v) is 7.05. The van der Waals surface area contributed by atoms with Crippen molar-refractivity contribution in [2.45, 2.75) is 59.0 Å². The highest BCUT2D eigenvalue weighted by Gasteiger charge is 2.25. The number of hydrogen-bond acceptors (Lipinski definition) is 5. The van der Waals surface area contributed by atoms with Crippen molar-refractivity contribution >= 4 is 27.5 Å². The molecule has 0 spiro atoms. The van der Waals surface area contributed by atoms with Crippen LogP contribution in [0.4, 0.5) is 0 Å². The Bertz CT molecular complexity index is 1100. The van der Waals surface area contributed by atoms with Crippen LogP contribution in [-0.2, 0) is 17.8 Å². The highest BCUT2D eigenvalue weighted by atomic mass is 32.1. The monoisotopic (exact) mass is 413 g/mol. The number of amides is 1. The fraction of sp³-hybridized carbons (Fsp3) is 0.524. The van der Waals surface area contributed by atoms with Gasteiger partial charge in [-0.15, -0.1) is 11.3 Å². The molecule has 1 saturated heterocycles. The summed E-state index contributed by atoms with van der Waals surface area (Å²) in [5.41, 5.74) is 0.946. The third-order valence-electron chi connectivity index (χ3n) is 5.93. The minimum atomic E-state index is -0.0489. The molecule has 29 heavy (non-hydrogen) atoms. The molecule has 1 aliphatic rings. The number of fused-ring (bicyclic) bond motifs is 1. The maximum absolute atomic E-state index is 12.9. The van der Waals surface area contributed by atoms with Gasteiger partial charge < -0.3 is 9.47 Å². The summed E-state index contributed by atoms with van der Waals surface area (Å²) in [4.78, 5) is 38.3. The molecular formula is C21H27N5O2S. The number of imidazole rings is 1. The van der Waals surface area contributed by atoms with Crippen molar-refractivity contribution in [1.82, 2.24) is 24.0 Å². The van der Waals surface area contributed by atoms with Crippen molar-refractivity contribution in [2.75, 3.05) is 13.1 Å². The molecule has 1 unspecified atom stereocenters. The molecule has 8 heteroatoms. The van der Waals surface area contributed by atoms with Gasteiger partial charge in [0.15, 0.2) is 0 Å². The van der Waals surface area contributed by atoms with Crippen LogP contribution in [0.15, 0.2) is 23.5 Å². The molecule has 4 heterocycles. The molecule has 7 nitrogen and oxygen atoms in total. The van der Waals surface area contributed by atoms with E-state index in [9.17, 15) is 9.59 Å². The predicted molar refractivity (Wildman–Crippen MR) is 114 cm³/mol. The zero-order chi connectivity index (χ0) is 20.5. The molecule has 1 atom stereocenters. The molecule has 154 valence electrons. The summed E-state index contributed by atoms with van der Waals surface area (Å²) in [6.07, 6.45) is 8.67. The van der Waals surface area contributed by atoms with Gasteiger partial charge in [-0.2, -0.15) is 0 Å². The zero-order valence-electron chi connectivity index (χ0n) is 17.2. The first-order chi connectivity index (χ1) is 14.0. The van der Waals surface area contributed by atoms with Crippen molar-refractivity contribution in [3.8, 4) is 0 Å². The van der Waals surface area contributed by atoms with Crippen LogP contribution in [0.1, 0.15) is 48.5 Å². The van der Waals surface area contributed by atoms with E-state index in [2.05, 4.69) is 21.5 Å². The molecule has 0 aromatic carbocycles. The minimum Gasteiger partial charge on any atom is -0.341 e. The second-order valence-corrected chi connectivity index (χ2v) is 8.90. The van der Waals surface area contributed by atoms with Gasteiger partial charge in [-0.1, -0.05) is 6.92 Å². The topological polar surface area (TPSA) is 73.0 Å². The summed E-state index contributed by atoms with van der Waals surface area (Å²) < 4.78 is 3.79. The maximum Gasteiger partial charge on any atom is 0.262 e. The first-order valence-electron chi connectivity index (χ1n) is 10.2. The lowest BCUT2D eigenvalue weighted by atomic mass is 10.0. The van der Waals surface area contributed by atoms with Gasteiger partial charge in [0.1, 0.15) is 10.7 Å². The van der Waals surface area contributed by atoms with Gasteiger partial charge >= 0.3 is 0 Å². The van der Waals surface area contributed by atoms with Crippen molar-refractivity contribution in [1.29, 1.82) is 0 Å². The summed E-state index contributed by atoms with van der Waals surface area (Å²) in [5, 5.41) is 0.688. The van der Waals surface area contributed by atoms with Crippen LogP contribution in [-0.4, -0.2) is 43.0 Å². The average Bonchev–Trinajstić information content (AvgIpc) is 3.32. The van der Waals surface area contributed by atoms with Gasteiger partial charge in [0, 0.05) is 49.7 Å². The van der Waals surface area contributed by atoms with E-state index in [0.29, 0.717) is 24.9 Å². The van der Waals surface area contributed by atoms with Crippen molar-refractivity contribution in [3.05, 3.63) is 45.3 Å². The third kappa shape index (κ3) is 3.73. The quantitative estimate of drug-likeness (QED) is 0.644. The lowest BCUT2D eigenvalue weighted by Gasteiger charge is -2.34. The van der Waals surface area contributed by atoms with Crippen molar-refractivity contribution in [2.24, 2.45) is 0 Å². The molecule has 0 saturated carbocycles. The zero-order valence-corrected chi connectivity index (χ0v) is 18.0. The van der Waals surface area contributed by atoms with Crippen LogP contribution < -0.4 is 5.56 Å². The molecule has 4 rings (SSSR count). The Morgan fingerprint density at radius 1 is 1.31 bits per heavy atom. The Hall–Kier alpha value is -2.48. The van der Waals surface area contributed by atoms with Crippen LogP contribution in [0.25, 0.3) is 10.2 Å². The number of carbonyl (C=O) groups is 1. The second kappa shape index (κ2) is 8.10. The summed E-state index contributed by atoms with van der Waals surface area (Å²) in [7, 11) is 0. The van der Waals surface area contributed by atoms with Crippen LogP contribution in [0.2, 0.25) is 0 Å². The van der Waals surface area contributed by atoms with E-state index in [1.165, 1.54) is 0 Å². The fourth-order valence-corrected chi connectivity index (χ4v) is 5.15. The maximum atomic E-state index is 12.9. The minimum absolute atomic E-state index is 0.0489. The second-order valence-electron chi connectivity index (χ2n) is 7.70. The number of piperidine rings is 1. The van der Waals surface area contributed by atoms with Crippen LogP contribution in [0, 0.1) is 13.8 Å². The Morgan fingerprint density at radius 3 is 2.93 bits per heavy atom. The average molecular weight is 414 g/mol. The Kier molecular flexibility index (Phi) is 5.54. The van der Waals surface area contributed by atoms with Gasteiger partial charge in [0.2, 0.25) is 5.91 Å². The number of carbonyl (C=O) groups excluding carboxylic acids is 1. The SMILES string of the molecule is CCc1nccn1C1CCCN(C(=O)CCn2cnc3sc(C)c(C)c3c2=O)C1. The number of aryl methyl sites for hydroxylation is 4. The number of aromatic nitrogens is 4. The van der Waals surface area contributed by atoms with E-state index in [4.69, 9.17) is 0 Å². The van der Waals surface area contributed by atoms with E-state index in [-0.39, 0.29) is 17.5 Å². The van der Waals surface area contributed by atoms with Gasteiger partial charge in [-0.05, 0) is 32.3 Å². The van der Waals surface area contributed by atoms with Crippen LogP contribution in [0.3, 0.4) is 0 Å². The fourth-order valence-electron chi connectivity index (χ4n) is 4.16. The van der Waals surface area contributed by atoms with Gasteiger partial charge in [0.25, 0.3) is 5.56 Å². The standard InChI is InChI=1S/C21H27N5O2S/c1-4-17-22-8-11-26(17)16-6-5-9-24(12-16)18(27)7-10-25-13-23-20-19(21(25)28)14(2)15(3)29-20/h8,11,13,16H,4-7,9-10,12H2,1-3H3. The molecule has 0 radical (unpaired) electrons. The molecule has 1 fully saturated rings. The normalized spacial score (nSPS) is 17.2. The smallest absolute Gasteiger partial charge is 0.262 e. The van der Waals surface area contributed by atoms with E-state index in [0.717, 1.165) is 46.9 Å². The summed E-state index contributed by atoms with van der Waals surface area (Å²) in [6, 6.07) is 0.280. The van der Waals surface area contributed by atoms with E-state index < -0.39 is 0 Å². The number of likely N-dealkylation sites (tertiary alicyclic amines) is 1. The first-order valence-corrected chi connectivity index (χ1v) is 11.1. The number of hydrogen-bond donors (Lipinski definition) is 0. The van der Waals surface area contributed by atoms with E-state index in [1.807, 2.05) is 31.1 Å². The van der Waals surface area contributed by atoms with Gasteiger partial charge in [-0.3, -0.25) is 14.2 Å². The number of rotatable bonds is 5. The molecule has 3 aromatic rings. The Labute approximate surface area is 174 Å². The molecule has 0 aliphatic carbocycles. The Balaban J connectivity index is 1.44. The Morgan fingerprint density at radius 2 is 2.14 bits per heavy atom. The number of thiophene rings is 1. The van der Waals surface area contributed by atoms with Crippen LogP contribution in [0.5, 0.6) is 0 Å². The highest BCUT2D eigenvalue weighted by Crippen LogP contribution is 2.26. The van der Waals surface area contributed by atoms with Crippen LogP contribution >= 0.6 is 11.3 Å². The van der Waals surface area contributed by atoms with Gasteiger partial charge in [-0.25, -0.2) is 9.97 Å². The largest absolute Gasteiger partial charge is 0.341 e. The molecule has 0 bridgehead atoms. The summed E-state index contributed by atoms with van der Waals surface area (Å²) >= 11 is 1.54. The lowest BCUT2D eigenvalue weighted by Crippen LogP contribution is -2.41. The number of nitrogens with zero attached hydrogens (tertiary/aromatic N) is 5. The summed E-state index contributed by atoms with van der Waals surface area (Å²) in [5.74, 6) is 1.16. The van der Waals surface area contributed by atoms with Gasteiger partial charge in [0.05, 0.1) is 17.8 Å². The predicted octanol–water partition coefficient (Wildman–Crippen LogP) is 3.09. The molecule has 1 aliphatic heterocycles. The molecule has 3 aromatic heterocycles. The van der Waals surface area contributed by atoms with E-state index >= 15 is 0 Å². The molecule has 0 N–H and O–H groups in total. The van der Waals surface area contributed by atoms with Crippen molar-refractivity contribution < 1.29 is 4.79 Å². The van der Waals surface area contributed by atoms with Crippen molar-refractivity contribution in [3.63, 3.8) is 0 Å². The summed E-state index contributed by atoms with van der Waals surface area (Å²) in [6.45, 7) is 7.91. The molecular weight excluding hydrogens is 386 g/mol. The molecule has 1 amide bonds. The van der Waals surface area contributed by atoms with E-state index in [1.54, 1.807) is 22.2 Å². The highest BCUT2D eigenvalue weighted by molar-refractivity contribution is 7.18.